The van der Waals surface area contributed by atoms with Crippen molar-refractivity contribution in [2.75, 3.05) is 17.2 Å². The fourth-order valence-electron chi connectivity index (χ4n) is 3.13. The van der Waals surface area contributed by atoms with Crippen LogP contribution in [0.5, 0.6) is 17.2 Å². The zero-order valence-electron chi connectivity index (χ0n) is 17.8. The second kappa shape index (κ2) is 9.43. The lowest BCUT2D eigenvalue weighted by Gasteiger charge is -2.33. The summed E-state index contributed by atoms with van der Waals surface area (Å²) in [4.78, 5) is 0. The van der Waals surface area contributed by atoms with E-state index in [-0.39, 0.29) is 0 Å². The van der Waals surface area contributed by atoms with E-state index in [0.29, 0.717) is 34.2 Å². The highest BCUT2D eigenvalue weighted by atomic mass is 16.5. The van der Waals surface area contributed by atoms with E-state index in [1.54, 1.807) is 79.9 Å². The van der Waals surface area contributed by atoms with E-state index in [9.17, 15) is 10.4 Å². The average molecular weight is 426 g/mol. The smallest absolute Gasteiger partial charge is 0.127 e. The minimum atomic E-state index is 0.420. The number of hydrogen-bond donors (Lipinski definition) is 0. The molecule has 0 aliphatic heterocycles. The largest absolute Gasteiger partial charge is 0.754 e. The normalized spacial score (nSPS) is 10.5. The summed E-state index contributed by atoms with van der Waals surface area (Å²) in [6.07, 6.45) is 0. The van der Waals surface area contributed by atoms with Gasteiger partial charge in [-0.25, -0.2) is 0 Å². The van der Waals surface area contributed by atoms with E-state index in [1.165, 1.54) is 0 Å². The molecule has 4 aromatic carbocycles. The Morgan fingerprint density at radius 2 is 0.812 bits per heavy atom. The summed E-state index contributed by atoms with van der Waals surface area (Å²) in [7, 11) is 1.57. The molecule has 0 unspecified atom stereocenters. The number of nitrogens with zero attached hydrogens (tertiary/aromatic N) is 2. The Hall–Kier alpha value is -4.00. The summed E-state index contributed by atoms with van der Waals surface area (Å²) in [6, 6.07) is 27.9. The van der Waals surface area contributed by atoms with Crippen molar-refractivity contribution in [3.8, 4) is 17.2 Å². The fraction of sp³-hybridized carbons (Fsp3) is 0.0769. The molecular weight excluding hydrogens is 404 g/mol. The van der Waals surface area contributed by atoms with Gasteiger partial charge in [0.25, 0.3) is 0 Å². The Balaban J connectivity index is 1.43. The van der Waals surface area contributed by atoms with Crippen molar-refractivity contribution in [2.45, 2.75) is 6.92 Å². The first-order chi connectivity index (χ1) is 15.5. The third kappa shape index (κ3) is 4.83. The van der Waals surface area contributed by atoms with E-state index in [4.69, 9.17) is 9.47 Å². The van der Waals surface area contributed by atoms with E-state index in [2.05, 4.69) is 0 Å². The van der Waals surface area contributed by atoms with Gasteiger partial charge in [0.2, 0.25) is 0 Å². The molecule has 0 aliphatic carbocycles. The molecule has 0 saturated carbocycles. The summed E-state index contributed by atoms with van der Waals surface area (Å²) in [5, 5.41) is 26.9. The van der Waals surface area contributed by atoms with Crippen LogP contribution in [0.2, 0.25) is 0 Å². The number of ether oxygens (including phenoxy) is 2. The second-order valence-corrected chi connectivity index (χ2v) is 7.21. The molecular formula is C26H22N2O4-2. The molecule has 32 heavy (non-hydrogen) atoms. The lowest BCUT2D eigenvalue weighted by atomic mass is 10.2. The van der Waals surface area contributed by atoms with Crippen LogP contribution in [-0.2, 0) is 0 Å². The quantitative estimate of drug-likeness (QED) is 0.294. The molecule has 0 aliphatic rings. The molecule has 6 heteroatoms. The standard InChI is InChI=1S/C26H22N2O4/c1-19-3-13-25(14-4-19)32-26-17-11-23(12-18-26)28(30)21-7-5-20(6-8-21)27(29)22-9-15-24(31-2)16-10-22/h3-18H,1-2H3/q-2. The molecule has 0 N–H and O–H groups in total. The average Bonchev–Trinajstić information content (AvgIpc) is 2.85. The van der Waals surface area contributed by atoms with Crippen LogP contribution in [0.4, 0.5) is 22.7 Å². The minimum Gasteiger partial charge on any atom is -0.754 e. The summed E-state index contributed by atoms with van der Waals surface area (Å²) >= 11 is 0. The van der Waals surface area contributed by atoms with Gasteiger partial charge in [0.1, 0.15) is 17.2 Å². The topological polar surface area (TPSA) is 71.1 Å². The first kappa shape index (κ1) is 21.2. The van der Waals surface area contributed by atoms with Crippen molar-refractivity contribution in [1.29, 1.82) is 0 Å². The van der Waals surface area contributed by atoms with Crippen LogP contribution in [0, 0.1) is 17.3 Å². The van der Waals surface area contributed by atoms with Gasteiger partial charge < -0.3 is 30.0 Å². The van der Waals surface area contributed by atoms with Gasteiger partial charge in [0, 0.05) is 22.7 Å². The third-order valence-corrected chi connectivity index (χ3v) is 4.95. The molecule has 0 heterocycles. The Kier molecular flexibility index (Phi) is 6.26. The van der Waals surface area contributed by atoms with Crippen LogP contribution in [-0.4, -0.2) is 7.11 Å². The summed E-state index contributed by atoms with van der Waals surface area (Å²) in [6.45, 7) is 2.02. The lowest BCUT2D eigenvalue weighted by Crippen LogP contribution is -2.09. The molecule has 0 bridgehead atoms. The van der Waals surface area contributed by atoms with Gasteiger partial charge in [0.05, 0.1) is 7.11 Å². The summed E-state index contributed by atoms with van der Waals surface area (Å²) in [5.41, 5.74) is 2.94. The summed E-state index contributed by atoms with van der Waals surface area (Å²) in [5.74, 6) is 2.05. The molecule has 0 saturated heterocycles. The molecule has 0 fully saturated rings. The molecule has 162 valence electrons. The lowest BCUT2D eigenvalue weighted by molar-refractivity contribution is 0.415. The molecule has 6 nitrogen and oxygen atoms in total. The molecule has 4 aromatic rings. The van der Waals surface area contributed by atoms with E-state index in [1.807, 2.05) is 31.2 Å². The monoisotopic (exact) mass is 426 g/mol. The molecule has 4 rings (SSSR count). The zero-order chi connectivity index (χ0) is 22.5. The minimum absolute atomic E-state index is 0.420. The van der Waals surface area contributed by atoms with Gasteiger partial charge >= 0.3 is 0 Å². The van der Waals surface area contributed by atoms with Crippen LogP contribution in [0.3, 0.4) is 0 Å². The highest BCUT2D eigenvalue weighted by molar-refractivity contribution is 5.70. The van der Waals surface area contributed by atoms with Crippen molar-refractivity contribution in [1.82, 2.24) is 0 Å². The highest BCUT2D eigenvalue weighted by Gasteiger charge is 2.04. The van der Waals surface area contributed by atoms with E-state index in [0.717, 1.165) is 21.4 Å². The van der Waals surface area contributed by atoms with Crippen molar-refractivity contribution in [3.05, 3.63) is 113 Å². The van der Waals surface area contributed by atoms with E-state index >= 15 is 0 Å². The molecule has 0 aromatic heterocycles. The van der Waals surface area contributed by atoms with Crippen molar-refractivity contribution in [2.24, 2.45) is 0 Å². The van der Waals surface area contributed by atoms with Crippen LogP contribution >= 0.6 is 0 Å². The SMILES string of the molecule is COc1ccc(N([O-])c2ccc(N([O-])c3ccc(Oc4ccc(C)cc4)cc3)cc2)cc1. The maximum atomic E-state index is 12.7. The second-order valence-electron chi connectivity index (χ2n) is 7.21. The van der Waals surface area contributed by atoms with Crippen LogP contribution in [0.1, 0.15) is 5.56 Å². The number of aryl methyl sites for hydroxylation is 1. The van der Waals surface area contributed by atoms with E-state index < -0.39 is 0 Å². The molecule has 0 radical (unpaired) electrons. The maximum Gasteiger partial charge on any atom is 0.127 e. The highest BCUT2D eigenvalue weighted by Crippen LogP contribution is 2.31. The van der Waals surface area contributed by atoms with Crippen LogP contribution in [0.25, 0.3) is 0 Å². The predicted octanol–water partition coefficient (Wildman–Crippen LogP) is 7.07. The Morgan fingerprint density at radius 3 is 1.19 bits per heavy atom. The molecule has 0 atom stereocenters. The number of benzene rings is 4. The number of anilines is 4. The van der Waals surface area contributed by atoms with Crippen molar-refractivity contribution >= 4 is 22.7 Å². The fourth-order valence-corrected chi connectivity index (χ4v) is 3.13. The Labute approximate surface area is 187 Å². The Bertz CT molecular complexity index is 1140. The zero-order valence-corrected chi connectivity index (χ0v) is 17.8. The van der Waals surface area contributed by atoms with Crippen molar-refractivity contribution in [3.63, 3.8) is 0 Å². The number of rotatable bonds is 7. The Morgan fingerprint density at radius 1 is 0.500 bits per heavy atom. The predicted molar refractivity (Wildman–Crippen MR) is 128 cm³/mol. The van der Waals surface area contributed by atoms with Gasteiger partial charge in [-0.15, -0.1) is 0 Å². The van der Waals surface area contributed by atoms with Gasteiger partial charge in [-0.05, 0) is 91.9 Å². The van der Waals surface area contributed by atoms with Gasteiger partial charge in [-0.2, -0.15) is 0 Å². The third-order valence-electron chi connectivity index (χ3n) is 4.95. The molecule has 0 amide bonds. The number of hydrogen-bond acceptors (Lipinski definition) is 6. The van der Waals surface area contributed by atoms with Gasteiger partial charge in [-0.3, -0.25) is 0 Å². The van der Waals surface area contributed by atoms with Gasteiger partial charge in [-0.1, -0.05) is 17.7 Å². The van der Waals surface area contributed by atoms with Crippen LogP contribution in [0.15, 0.2) is 97.1 Å². The summed E-state index contributed by atoms with van der Waals surface area (Å²) < 4.78 is 10.9. The first-order valence-electron chi connectivity index (χ1n) is 10.1. The van der Waals surface area contributed by atoms with Crippen molar-refractivity contribution < 1.29 is 9.47 Å². The molecule has 0 spiro atoms. The van der Waals surface area contributed by atoms with Crippen LogP contribution < -0.4 is 19.6 Å². The first-order valence-corrected chi connectivity index (χ1v) is 10.1. The number of methoxy groups -OCH3 is 1. The van der Waals surface area contributed by atoms with Gasteiger partial charge in [0.15, 0.2) is 0 Å². The maximum absolute atomic E-state index is 12.7.